The second kappa shape index (κ2) is 7.23. The van der Waals surface area contributed by atoms with Crippen molar-refractivity contribution in [1.29, 1.82) is 0 Å². The van der Waals surface area contributed by atoms with Gasteiger partial charge in [-0.05, 0) is 57.0 Å². The number of hydrogen-bond donors (Lipinski definition) is 1. The first-order valence-corrected chi connectivity index (χ1v) is 8.69. The van der Waals surface area contributed by atoms with Crippen LogP contribution in [0, 0.1) is 0 Å². The maximum Gasteiger partial charge on any atom is 0.336 e. The molecule has 0 aromatic heterocycles. The van der Waals surface area contributed by atoms with Crippen LogP contribution in [0.2, 0.25) is 0 Å². The van der Waals surface area contributed by atoms with E-state index in [1.807, 2.05) is 38.1 Å². The predicted molar refractivity (Wildman–Crippen MR) is 103 cm³/mol. The van der Waals surface area contributed by atoms with Crippen LogP contribution in [0.5, 0.6) is 0 Å². The fourth-order valence-corrected chi connectivity index (χ4v) is 3.13. The standard InChI is InChI=1S/C21H21N3O3/c1-13(25)14-8-10-16(11-9-14)23-24-19(20(26)27)18-17-7-5-4-6-15(17)12-21(2,3)22-18/h4-11,19H,12H2,1-3H3,(H,26,27). The number of nitrogens with zero attached hydrogens (tertiary/aromatic N) is 3. The molecule has 2 aromatic carbocycles. The molecule has 3 rings (SSSR count). The third-order valence-electron chi connectivity index (χ3n) is 4.39. The first-order chi connectivity index (χ1) is 12.8. The normalized spacial score (nSPS) is 16.5. The van der Waals surface area contributed by atoms with Crippen molar-refractivity contribution in [3.8, 4) is 0 Å². The van der Waals surface area contributed by atoms with E-state index >= 15 is 0 Å². The summed E-state index contributed by atoms with van der Waals surface area (Å²) in [7, 11) is 0. The number of carbonyl (C=O) groups is 2. The van der Waals surface area contributed by atoms with Gasteiger partial charge >= 0.3 is 5.97 Å². The average molecular weight is 363 g/mol. The van der Waals surface area contributed by atoms with E-state index < -0.39 is 17.6 Å². The molecule has 27 heavy (non-hydrogen) atoms. The molecule has 1 N–H and O–H groups in total. The number of hydrogen-bond acceptors (Lipinski definition) is 5. The monoisotopic (exact) mass is 363 g/mol. The maximum absolute atomic E-state index is 11.9. The first kappa shape index (κ1) is 18.6. The summed E-state index contributed by atoms with van der Waals surface area (Å²) in [5.74, 6) is -1.15. The molecule has 138 valence electrons. The fraction of sp³-hybridized carbons (Fsp3) is 0.286. The lowest BCUT2D eigenvalue weighted by Crippen LogP contribution is -2.37. The number of rotatable bonds is 5. The summed E-state index contributed by atoms with van der Waals surface area (Å²) in [6, 6.07) is 13.0. The van der Waals surface area contributed by atoms with Gasteiger partial charge in [-0.3, -0.25) is 9.79 Å². The third-order valence-corrected chi connectivity index (χ3v) is 4.39. The molecule has 1 unspecified atom stereocenters. The van der Waals surface area contributed by atoms with E-state index in [1.165, 1.54) is 6.92 Å². The average Bonchev–Trinajstić information content (AvgIpc) is 2.61. The van der Waals surface area contributed by atoms with Crippen LogP contribution in [0.1, 0.15) is 42.3 Å². The Hall–Kier alpha value is -3.15. The molecule has 0 radical (unpaired) electrons. The molecule has 2 aromatic rings. The van der Waals surface area contributed by atoms with Gasteiger partial charge in [-0.25, -0.2) is 4.79 Å². The lowest BCUT2D eigenvalue weighted by Gasteiger charge is -2.30. The number of carboxylic acids is 1. The molecular formula is C21H21N3O3. The summed E-state index contributed by atoms with van der Waals surface area (Å²) in [5, 5.41) is 17.9. The number of carbonyl (C=O) groups excluding carboxylic acids is 1. The smallest absolute Gasteiger partial charge is 0.336 e. The van der Waals surface area contributed by atoms with Crippen LogP contribution in [0.3, 0.4) is 0 Å². The Balaban J connectivity index is 1.97. The van der Waals surface area contributed by atoms with E-state index in [-0.39, 0.29) is 5.78 Å². The number of benzene rings is 2. The molecular weight excluding hydrogens is 342 g/mol. The van der Waals surface area contributed by atoms with Crippen molar-refractivity contribution in [3.05, 3.63) is 65.2 Å². The highest BCUT2D eigenvalue weighted by molar-refractivity contribution is 6.16. The van der Waals surface area contributed by atoms with Crippen molar-refractivity contribution < 1.29 is 14.7 Å². The summed E-state index contributed by atoms with van der Waals surface area (Å²) in [4.78, 5) is 27.9. The second-order valence-corrected chi connectivity index (χ2v) is 7.20. The minimum atomic E-state index is -1.20. The van der Waals surface area contributed by atoms with Gasteiger partial charge in [0.25, 0.3) is 0 Å². The Morgan fingerprint density at radius 3 is 2.41 bits per heavy atom. The largest absolute Gasteiger partial charge is 0.479 e. The van der Waals surface area contributed by atoms with Crippen molar-refractivity contribution in [2.45, 2.75) is 38.8 Å². The molecule has 0 saturated heterocycles. The van der Waals surface area contributed by atoms with Crippen molar-refractivity contribution in [3.63, 3.8) is 0 Å². The summed E-state index contributed by atoms with van der Waals surface area (Å²) in [5.41, 5.74) is 2.91. The lowest BCUT2D eigenvalue weighted by molar-refractivity contribution is -0.136. The van der Waals surface area contributed by atoms with Gasteiger partial charge in [-0.15, -0.1) is 0 Å². The van der Waals surface area contributed by atoms with Crippen molar-refractivity contribution in [1.82, 2.24) is 0 Å². The van der Waals surface area contributed by atoms with E-state index in [2.05, 4.69) is 15.2 Å². The first-order valence-electron chi connectivity index (χ1n) is 8.69. The summed E-state index contributed by atoms with van der Waals surface area (Å²) < 4.78 is 0. The minimum absolute atomic E-state index is 0.0442. The van der Waals surface area contributed by atoms with Crippen molar-refractivity contribution >= 4 is 23.2 Å². The lowest BCUT2D eigenvalue weighted by atomic mass is 9.85. The zero-order valence-electron chi connectivity index (χ0n) is 15.5. The van der Waals surface area contributed by atoms with Gasteiger partial charge in [0.15, 0.2) is 5.78 Å². The molecule has 6 heteroatoms. The van der Waals surface area contributed by atoms with Gasteiger partial charge in [0.1, 0.15) is 0 Å². The quantitative estimate of drug-likeness (QED) is 0.636. The Kier molecular flexibility index (Phi) is 4.99. The van der Waals surface area contributed by atoms with E-state index in [0.717, 1.165) is 17.5 Å². The Morgan fingerprint density at radius 1 is 1.11 bits per heavy atom. The van der Waals surface area contributed by atoms with Crippen molar-refractivity contribution in [2.75, 3.05) is 0 Å². The zero-order chi connectivity index (χ0) is 19.6. The summed E-state index contributed by atoms with van der Waals surface area (Å²) >= 11 is 0. The molecule has 0 aliphatic carbocycles. The summed E-state index contributed by atoms with van der Waals surface area (Å²) in [6.07, 6.45) is 0.739. The number of fused-ring (bicyclic) bond motifs is 1. The molecule has 0 spiro atoms. The third kappa shape index (κ3) is 4.16. The minimum Gasteiger partial charge on any atom is -0.479 e. The van der Waals surface area contributed by atoms with Crippen LogP contribution in [-0.4, -0.2) is 34.2 Å². The van der Waals surface area contributed by atoms with Gasteiger partial charge in [0.05, 0.1) is 16.9 Å². The van der Waals surface area contributed by atoms with Crippen LogP contribution in [0.25, 0.3) is 0 Å². The van der Waals surface area contributed by atoms with E-state index in [1.54, 1.807) is 24.3 Å². The molecule has 0 saturated carbocycles. The van der Waals surface area contributed by atoms with Crippen LogP contribution in [0.4, 0.5) is 5.69 Å². The Morgan fingerprint density at radius 2 is 1.78 bits per heavy atom. The summed E-state index contributed by atoms with van der Waals surface area (Å²) in [6.45, 7) is 5.43. The Bertz CT molecular complexity index is 943. The number of azo groups is 1. The topological polar surface area (TPSA) is 91.5 Å². The fourth-order valence-electron chi connectivity index (χ4n) is 3.13. The van der Waals surface area contributed by atoms with E-state index in [0.29, 0.717) is 17.0 Å². The molecule has 1 aliphatic rings. The van der Waals surface area contributed by atoms with Crippen LogP contribution < -0.4 is 0 Å². The van der Waals surface area contributed by atoms with Crippen LogP contribution >= 0.6 is 0 Å². The number of aliphatic carboxylic acids is 1. The number of aliphatic imine (C=N–C) groups is 1. The number of ketones is 1. The maximum atomic E-state index is 11.9. The molecule has 0 fully saturated rings. The molecule has 1 heterocycles. The van der Waals surface area contributed by atoms with Crippen molar-refractivity contribution in [2.24, 2.45) is 15.2 Å². The molecule has 0 amide bonds. The van der Waals surface area contributed by atoms with Crippen LogP contribution in [-0.2, 0) is 11.2 Å². The predicted octanol–water partition coefficient (Wildman–Crippen LogP) is 4.25. The SMILES string of the molecule is CC(=O)c1ccc(N=NC(C(=O)O)C2=NC(C)(C)Cc3ccccc32)cc1. The van der Waals surface area contributed by atoms with Gasteiger partial charge in [-0.1, -0.05) is 24.3 Å². The molecule has 0 bridgehead atoms. The van der Waals surface area contributed by atoms with Crippen LogP contribution in [0.15, 0.2) is 63.8 Å². The van der Waals surface area contributed by atoms with Gasteiger partial charge in [0, 0.05) is 11.1 Å². The molecule has 1 aliphatic heterocycles. The Labute approximate surface area is 157 Å². The van der Waals surface area contributed by atoms with E-state index in [9.17, 15) is 14.7 Å². The van der Waals surface area contributed by atoms with Gasteiger partial charge in [0.2, 0.25) is 6.04 Å². The highest BCUT2D eigenvalue weighted by atomic mass is 16.4. The van der Waals surface area contributed by atoms with Gasteiger partial charge in [-0.2, -0.15) is 10.2 Å². The molecule has 1 atom stereocenters. The number of Topliss-reactive ketones (excluding diaryl/α,β-unsaturated/α-hetero) is 1. The molecule has 6 nitrogen and oxygen atoms in total. The zero-order valence-corrected chi connectivity index (χ0v) is 15.5. The van der Waals surface area contributed by atoms with E-state index in [4.69, 9.17) is 0 Å². The van der Waals surface area contributed by atoms with Gasteiger partial charge < -0.3 is 5.11 Å². The highest BCUT2D eigenvalue weighted by Crippen LogP contribution is 2.29. The highest BCUT2D eigenvalue weighted by Gasteiger charge is 2.33. The number of carboxylic acid groups (broad SMARTS) is 1. The second-order valence-electron chi connectivity index (χ2n) is 7.20.